The van der Waals surface area contributed by atoms with Crippen molar-refractivity contribution < 1.29 is 9.21 Å². The topological polar surface area (TPSA) is 71.3 Å². The number of rotatable bonds is 5. The third-order valence-electron chi connectivity index (χ3n) is 4.91. The van der Waals surface area contributed by atoms with Gasteiger partial charge in [0.1, 0.15) is 11.6 Å². The number of carbonyl (C=O) groups is 1. The number of aryl methyl sites for hydroxylation is 1. The molecule has 6 nitrogen and oxygen atoms in total. The van der Waals surface area contributed by atoms with Crippen LogP contribution in [0.15, 0.2) is 52.6 Å². The highest BCUT2D eigenvalue weighted by molar-refractivity contribution is 7.13. The van der Waals surface area contributed by atoms with Crippen LogP contribution in [-0.2, 0) is 4.79 Å². The van der Waals surface area contributed by atoms with Crippen LogP contribution in [0.4, 0.5) is 10.9 Å². The Morgan fingerprint density at radius 2 is 2.18 bits per heavy atom. The van der Waals surface area contributed by atoms with Crippen molar-refractivity contribution in [3.8, 4) is 0 Å². The lowest BCUT2D eigenvalue weighted by Crippen LogP contribution is -2.36. The molecule has 4 rings (SSSR count). The van der Waals surface area contributed by atoms with Gasteiger partial charge < -0.3 is 14.6 Å². The molecule has 3 aromatic rings. The highest BCUT2D eigenvalue weighted by Crippen LogP contribution is 2.31. The van der Waals surface area contributed by atoms with Crippen molar-refractivity contribution in [3.05, 3.63) is 65.2 Å². The van der Waals surface area contributed by atoms with Gasteiger partial charge in [-0.25, -0.2) is 9.97 Å². The van der Waals surface area contributed by atoms with Crippen LogP contribution in [0, 0.1) is 6.92 Å². The first-order valence-corrected chi connectivity index (χ1v) is 10.2. The van der Waals surface area contributed by atoms with Crippen molar-refractivity contribution in [2.24, 2.45) is 0 Å². The molecule has 0 radical (unpaired) electrons. The van der Waals surface area contributed by atoms with E-state index >= 15 is 0 Å². The molecule has 0 unspecified atom stereocenters. The number of pyridine rings is 1. The summed E-state index contributed by atoms with van der Waals surface area (Å²) in [5, 5.41) is 6.27. The summed E-state index contributed by atoms with van der Waals surface area (Å²) in [5.74, 6) is 1.94. The lowest BCUT2D eigenvalue weighted by molar-refractivity contribution is -0.127. The Morgan fingerprint density at radius 3 is 2.93 bits per heavy atom. The number of anilines is 2. The summed E-state index contributed by atoms with van der Waals surface area (Å²) in [6, 6.07) is 7.59. The predicted octanol–water partition coefficient (Wildman–Crippen LogP) is 4.60. The Morgan fingerprint density at radius 1 is 1.32 bits per heavy atom. The van der Waals surface area contributed by atoms with E-state index < -0.39 is 0 Å². The summed E-state index contributed by atoms with van der Waals surface area (Å²) < 4.78 is 5.22. The Labute approximate surface area is 167 Å². The van der Waals surface area contributed by atoms with E-state index in [1.807, 2.05) is 36.1 Å². The van der Waals surface area contributed by atoms with Crippen LogP contribution in [0.3, 0.4) is 0 Å². The van der Waals surface area contributed by atoms with Gasteiger partial charge in [-0.2, -0.15) is 0 Å². The van der Waals surface area contributed by atoms with Crippen LogP contribution < -0.4 is 5.32 Å². The number of carbonyl (C=O) groups excluding carboxylic acids is 1. The molecule has 7 heteroatoms. The van der Waals surface area contributed by atoms with Gasteiger partial charge in [0.15, 0.2) is 5.13 Å². The highest BCUT2D eigenvalue weighted by atomic mass is 32.1. The first-order valence-electron chi connectivity index (χ1n) is 9.33. The molecule has 0 spiro atoms. The zero-order chi connectivity index (χ0) is 19.3. The minimum Gasteiger partial charge on any atom is -0.465 e. The molecule has 4 heterocycles. The van der Waals surface area contributed by atoms with E-state index in [4.69, 9.17) is 9.40 Å². The fourth-order valence-electron chi connectivity index (χ4n) is 3.29. The summed E-state index contributed by atoms with van der Waals surface area (Å²) in [4.78, 5) is 23.3. The maximum atomic E-state index is 12.3. The quantitative estimate of drug-likeness (QED) is 0.640. The van der Waals surface area contributed by atoms with Crippen molar-refractivity contribution in [3.63, 3.8) is 0 Å². The molecular weight excluding hydrogens is 372 g/mol. The molecule has 0 aliphatic carbocycles. The molecule has 0 aromatic carbocycles. The monoisotopic (exact) mass is 394 g/mol. The molecule has 0 bridgehead atoms. The lowest BCUT2D eigenvalue weighted by atomic mass is 9.94. The second-order valence-electron chi connectivity index (χ2n) is 6.82. The molecule has 28 heavy (non-hydrogen) atoms. The van der Waals surface area contributed by atoms with E-state index in [1.54, 1.807) is 35.9 Å². The average Bonchev–Trinajstić information content (AvgIpc) is 3.40. The summed E-state index contributed by atoms with van der Waals surface area (Å²) in [7, 11) is 0. The van der Waals surface area contributed by atoms with E-state index in [0.29, 0.717) is 11.7 Å². The number of furan rings is 1. The first kappa shape index (κ1) is 18.4. The molecule has 1 N–H and O–H groups in total. The van der Waals surface area contributed by atoms with Crippen LogP contribution >= 0.6 is 11.3 Å². The van der Waals surface area contributed by atoms with E-state index in [0.717, 1.165) is 48.1 Å². The van der Waals surface area contributed by atoms with Crippen LogP contribution in [-0.4, -0.2) is 33.9 Å². The Bertz CT molecular complexity index is 956. The number of hydrogen-bond donors (Lipinski definition) is 1. The van der Waals surface area contributed by atoms with Gasteiger partial charge in [-0.1, -0.05) is 6.07 Å². The number of amides is 1. The summed E-state index contributed by atoms with van der Waals surface area (Å²) in [5.41, 5.74) is 2.19. The third kappa shape index (κ3) is 4.31. The molecular formula is C21H22N4O2S. The van der Waals surface area contributed by atoms with Gasteiger partial charge in [0.2, 0.25) is 5.91 Å². The average molecular weight is 395 g/mol. The van der Waals surface area contributed by atoms with Gasteiger partial charge in [-0.15, -0.1) is 11.3 Å². The highest BCUT2D eigenvalue weighted by Gasteiger charge is 2.24. The molecule has 1 amide bonds. The van der Waals surface area contributed by atoms with Gasteiger partial charge >= 0.3 is 0 Å². The molecule has 0 saturated carbocycles. The second-order valence-corrected chi connectivity index (χ2v) is 7.68. The van der Waals surface area contributed by atoms with Crippen LogP contribution in [0.2, 0.25) is 0 Å². The van der Waals surface area contributed by atoms with E-state index in [-0.39, 0.29) is 5.91 Å². The Balaban J connectivity index is 1.32. The van der Waals surface area contributed by atoms with E-state index in [1.165, 1.54) is 0 Å². The summed E-state index contributed by atoms with van der Waals surface area (Å²) in [6.07, 6.45) is 8.52. The number of thiazole rings is 1. The smallest absolute Gasteiger partial charge is 0.246 e. The van der Waals surface area contributed by atoms with Crippen molar-refractivity contribution in [1.82, 2.24) is 14.9 Å². The van der Waals surface area contributed by atoms with E-state index in [9.17, 15) is 4.79 Å². The molecule has 1 fully saturated rings. The molecule has 1 aliphatic heterocycles. The fourth-order valence-corrected chi connectivity index (χ4v) is 4.08. The molecule has 1 saturated heterocycles. The number of likely N-dealkylation sites (tertiary alicyclic amines) is 1. The molecule has 144 valence electrons. The van der Waals surface area contributed by atoms with Gasteiger partial charge in [-0.05, 0) is 49.6 Å². The van der Waals surface area contributed by atoms with E-state index in [2.05, 4.69) is 15.7 Å². The second kappa shape index (κ2) is 8.39. The molecule has 1 aliphatic rings. The van der Waals surface area contributed by atoms with Crippen LogP contribution in [0.1, 0.15) is 35.8 Å². The summed E-state index contributed by atoms with van der Waals surface area (Å²) in [6.45, 7) is 3.51. The SMILES string of the molecule is Cc1cccnc1Nc1nc(C2CCN(C(=O)/C=C/c3ccco3)CC2)cs1. The molecule has 0 atom stereocenters. The first-order chi connectivity index (χ1) is 13.7. The Hall–Kier alpha value is -2.93. The number of aromatic nitrogens is 2. The van der Waals surface area contributed by atoms with Gasteiger partial charge in [-0.3, -0.25) is 4.79 Å². The number of nitrogens with one attached hydrogen (secondary N) is 1. The van der Waals surface area contributed by atoms with Crippen molar-refractivity contribution in [1.29, 1.82) is 0 Å². The number of piperidine rings is 1. The largest absolute Gasteiger partial charge is 0.465 e. The summed E-state index contributed by atoms with van der Waals surface area (Å²) >= 11 is 1.60. The minimum atomic E-state index is 0.0288. The van der Waals surface area contributed by atoms with Crippen LogP contribution in [0.5, 0.6) is 0 Å². The standard InChI is InChI=1S/C21H22N4O2S/c1-15-4-2-10-22-20(15)24-21-23-18(14-28-21)16-8-11-25(12-9-16)19(26)7-6-17-5-3-13-27-17/h2-7,10,13-14,16H,8-9,11-12H2,1H3,(H,22,23,24)/b7-6+. The van der Waals surface area contributed by atoms with Gasteiger partial charge in [0.05, 0.1) is 12.0 Å². The van der Waals surface area contributed by atoms with Gasteiger partial charge in [0.25, 0.3) is 0 Å². The fraction of sp³-hybridized carbons (Fsp3) is 0.286. The maximum absolute atomic E-state index is 12.3. The lowest BCUT2D eigenvalue weighted by Gasteiger charge is -2.30. The predicted molar refractivity (Wildman–Crippen MR) is 111 cm³/mol. The minimum absolute atomic E-state index is 0.0288. The Kier molecular flexibility index (Phi) is 5.53. The third-order valence-corrected chi connectivity index (χ3v) is 5.69. The van der Waals surface area contributed by atoms with Crippen LogP contribution in [0.25, 0.3) is 6.08 Å². The van der Waals surface area contributed by atoms with Crippen molar-refractivity contribution in [2.45, 2.75) is 25.7 Å². The molecule has 3 aromatic heterocycles. The number of hydrogen-bond acceptors (Lipinski definition) is 6. The number of nitrogens with zero attached hydrogens (tertiary/aromatic N) is 3. The normalized spacial score (nSPS) is 15.2. The maximum Gasteiger partial charge on any atom is 0.246 e. The van der Waals surface area contributed by atoms with Crippen molar-refractivity contribution >= 4 is 34.3 Å². The zero-order valence-corrected chi connectivity index (χ0v) is 16.5. The zero-order valence-electron chi connectivity index (χ0n) is 15.7. The van der Waals surface area contributed by atoms with Gasteiger partial charge in [0, 0.05) is 36.7 Å². The van der Waals surface area contributed by atoms with Crippen molar-refractivity contribution in [2.75, 3.05) is 18.4 Å².